The van der Waals surface area contributed by atoms with E-state index in [1.165, 1.54) is 17.7 Å². The van der Waals surface area contributed by atoms with E-state index >= 15 is 0 Å². The summed E-state index contributed by atoms with van der Waals surface area (Å²) in [6.07, 6.45) is 2.31. The highest BCUT2D eigenvalue weighted by Crippen LogP contribution is 2.26. The lowest BCUT2D eigenvalue weighted by Gasteiger charge is -2.14. The van der Waals surface area contributed by atoms with Crippen LogP contribution in [-0.4, -0.2) is 25.5 Å². The largest absolute Gasteiger partial charge is 0.387 e. The molecule has 0 aromatic carbocycles. The fraction of sp³-hybridized carbons (Fsp3) is 0.333. The molecule has 0 aliphatic carbocycles. The van der Waals surface area contributed by atoms with E-state index in [1.54, 1.807) is 31.4 Å². The zero-order chi connectivity index (χ0) is 21.3. The highest BCUT2D eigenvalue weighted by atomic mass is 16.3. The van der Waals surface area contributed by atoms with Gasteiger partial charge in [0.05, 0.1) is 18.7 Å². The first-order valence-electron chi connectivity index (χ1n) is 9.61. The first kappa shape index (κ1) is 18.3. The van der Waals surface area contributed by atoms with E-state index in [0.717, 1.165) is 10.9 Å². The number of nitrogens with zero attached hydrogens (tertiary/aromatic N) is 3. The number of pyridine rings is 3. The van der Waals surface area contributed by atoms with Crippen molar-refractivity contribution in [2.45, 2.75) is 39.7 Å². The van der Waals surface area contributed by atoms with Gasteiger partial charge in [0, 0.05) is 48.9 Å². The lowest BCUT2D eigenvalue weighted by atomic mass is 10.0. The molecule has 3 rings (SSSR count). The minimum absolute atomic E-state index is 0.218. The molecule has 7 nitrogen and oxygen atoms in total. The van der Waals surface area contributed by atoms with Crippen LogP contribution in [0.5, 0.6) is 0 Å². The fourth-order valence-electron chi connectivity index (χ4n) is 3.17. The third kappa shape index (κ3) is 3.80. The number of hydrogen-bond acceptors (Lipinski definition) is 5. The first-order valence-corrected chi connectivity index (χ1v) is 9.11. The molecule has 0 saturated heterocycles. The standard InChI is InChI=1S/C21H24N4O3/c1-5-6-19(27)17-7-12(2)16(11-22-17)15-8-14-10-23-20(24-13(3)26)9-18(14)25(4)21(15)28/h7-11,19,27H,5-6H2,1-4H3,(H,23,24,26)/i19D. The summed E-state index contributed by atoms with van der Waals surface area (Å²) >= 11 is 0. The molecule has 0 aliphatic rings. The molecular formula is C21H24N4O3. The third-order valence-corrected chi connectivity index (χ3v) is 4.60. The summed E-state index contributed by atoms with van der Waals surface area (Å²) in [6, 6.07) is 5.05. The van der Waals surface area contributed by atoms with Crippen molar-refractivity contribution in [2.75, 3.05) is 5.32 Å². The van der Waals surface area contributed by atoms with Crippen LogP contribution in [0.1, 0.15) is 45.4 Å². The minimum Gasteiger partial charge on any atom is -0.387 e. The van der Waals surface area contributed by atoms with Crippen LogP contribution in [0.15, 0.2) is 35.4 Å². The van der Waals surface area contributed by atoms with Gasteiger partial charge in [0.2, 0.25) is 5.91 Å². The molecular weight excluding hydrogens is 356 g/mol. The Labute approximate surface area is 164 Å². The summed E-state index contributed by atoms with van der Waals surface area (Å²) in [6.45, 7) is 5.11. The second-order valence-electron chi connectivity index (χ2n) is 6.81. The van der Waals surface area contributed by atoms with Crippen LogP contribution in [-0.2, 0) is 11.8 Å². The SMILES string of the molecule is [2H]C(O)(CCC)c1cc(C)c(-c2cc3cnc(NC(C)=O)cc3n(C)c2=O)cn1. The van der Waals surface area contributed by atoms with Crippen molar-refractivity contribution < 1.29 is 11.3 Å². The predicted molar refractivity (Wildman–Crippen MR) is 109 cm³/mol. The molecule has 0 aliphatic heterocycles. The molecule has 3 aromatic rings. The lowest BCUT2D eigenvalue weighted by Crippen LogP contribution is -2.20. The Morgan fingerprint density at radius 3 is 2.68 bits per heavy atom. The van der Waals surface area contributed by atoms with Gasteiger partial charge in [-0.2, -0.15) is 0 Å². The summed E-state index contributed by atoms with van der Waals surface area (Å²) in [4.78, 5) is 32.7. The van der Waals surface area contributed by atoms with Gasteiger partial charge in [0.1, 0.15) is 5.82 Å². The summed E-state index contributed by atoms with van der Waals surface area (Å²) in [5.41, 5.74) is 2.52. The van der Waals surface area contributed by atoms with Crippen molar-refractivity contribution in [2.24, 2.45) is 7.05 Å². The second kappa shape index (κ2) is 7.90. The number of aliphatic hydroxyl groups is 1. The Kier molecular flexibility index (Phi) is 5.16. The Balaban J connectivity index is 2.12. The third-order valence-electron chi connectivity index (χ3n) is 4.60. The van der Waals surface area contributed by atoms with Crippen LogP contribution >= 0.6 is 0 Å². The smallest absolute Gasteiger partial charge is 0.258 e. The van der Waals surface area contributed by atoms with Crippen molar-refractivity contribution >= 4 is 22.6 Å². The number of aromatic nitrogens is 3. The molecule has 1 atom stereocenters. The van der Waals surface area contributed by atoms with Gasteiger partial charge in [-0.3, -0.25) is 14.6 Å². The molecule has 0 radical (unpaired) electrons. The summed E-state index contributed by atoms with van der Waals surface area (Å²) in [5, 5.41) is 13.7. The van der Waals surface area contributed by atoms with Crippen LogP contribution in [0.4, 0.5) is 5.82 Å². The topological polar surface area (TPSA) is 97.1 Å². The number of nitrogens with one attached hydrogen (secondary N) is 1. The average molecular weight is 381 g/mol. The Bertz CT molecular complexity index is 1150. The van der Waals surface area contributed by atoms with Gasteiger partial charge in [0.15, 0.2) is 0 Å². The van der Waals surface area contributed by atoms with E-state index in [-0.39, 0.29) is 23.6 Å². The Morgan fingerprint density at radius 1 is 1.29 bits per heavy atom. The molecule has 1 unspecified atom stereocenters. The molecule has 146 valence electrons. The maximum Gasteiger partial charge on any atom is 0.258 e. The van der Waals surface area contributed by atoms with Crippen molar-refractivity contribution in [3.05, 3.63) is 52.2 Å². The van der Waals surface area contributed by atoms with E-state index in [1.807, 2.05) is 13.8 Å². The van der Waals surface area contributed by atoms with E-state index in [4.69, 9.17) is 1.37 Å². The monoisotopic (exact) mass is 381 g/mol. The highest BCUT2D eigenvalue weighted by Gasteiger charge is 2.15. The van der Waals surface area contributed by atoms with Gasteiger partial charge in [-0.05, 0) is 31.0 Å². The van der Waals surface area contributed by atoms with Gasteiger partial charge < -0.3 is 15.0 Å². The number of fused-ring (bicyclic) bond motifs is 1. The molecule has 7 heteroatoms. The van der Waals surface area contributed by atoms with Crippen LogP contribution < -0.4 is 10.9 Å². The van der Waals surface area contributed by atoms with Gasteiger partial charge in [-0.1, -0.05) is 13.3 Å². The van der Waals surface area contributed by atoms with Crippen molar-refractivity contribution in [3.63, 3.8) is 0 Å². The average Bonchev–Trinajstić information content (AvgIpc) is 2.65. The molecule has 2 N–H and O–H groups in total. The van der Waals surface area contributed by atoms with Crippen molar-refractivity contribution in [3.8, 4) is 11.1 Å². The number of rotatable bonds is 5. The molecule has 28 heavy (non-hydrogen) atoms. The van der Waals surface area contributed by atoms with Crippen LogP contribution in [0.2, 0.25) is 0 Å². The van der Waals surface area contributed by atoms with Crippen molar-refractivity contribution in [1.29, 1.82) is 0 Å². The lowest BCUT2D eigenvalue weighted by molar-refractivity contribution is -0.114. The van der Waals surface area contributed by atoms with E-state index in [2.05, 4.69) is 15.3 Å². The number of anilines is 1. The molecule has 0 spiro atoms. The van der Waals surface area contributed by atoms with Crippen molar-refractivity contribution in [1.82, 2.24) is 14.5 Å². The molecule has 3 heterocycles. The summed E-state index contributed by atoms with van der Waals surface area (Å²) in [5.74, 6) is 0.137. The quantitative estimate of drug-likeness (QED) is 0.708. The second-order valence-corrected chi connectivity index (χ2v) is 6.81. The number of carbonyl (C=O) groups excluding carboxylic acids is 1. The predicted octanol–water partition coefficient (Wildman–Crippen LogP) is 3.10. The Hall–Kier alpha value is -3.06. The minimum atomic E-state index is -1.75. The zero-order valence-electron chi connectivity index (χ0n) is 17.4. The zero-order valence-corrected chi connectivity index (χ0v) is 16.4. The number of hydrogen-bond donors (Lipinski definition) is 2. The summed E-state index contributed by atoms with van der Waals surface area (Å²) in [7, 11) is 1.66. The molecule has 0 saturated carbocycles. The van der Waals surface area contributed by atoms with Crippen LogP contribution in [0.25, 0.3) is 22.0 Å². The van der Waals surface area contributed by atoms with E-state index < -0.39 is 6.08 Å². The number of aryl methyl sites for hydroxylation is 2. The molecule has 0 bridgehead atoms. The van der Waals surface area contributed by atoms with Gasteiger partial charge in [0.25, 0.3) is 5.56 Å². The fourth-order valence-corrected chi connectivity index (χ4v) is 3.17. The Morgan fingerprint density at radius 2 is 2.04 bits per heavy atom. The number of amides is 1. The van der Waals surface area contributed by atoms with E-state index in [0.29, 0.717) is 28.9 Å². The first-order chi connectivity index (χ1) is 13.6. The molecule has 0 fully saturated rings. The van der Waals surface area contributed by atoms with Crippen LogP contribution in [0, 0.1) is 6.92 Å². The molecule has 3 aromatic heterocycles. The highest BCUT2D eigenvalue weighted by molar-refractivity contribution is 5.91. The van der Waals surface area contributed by atoms with Crippen LogP contribution in [0.3, 0.4) is 0 Å². The number of carbonyl (C=O) groups is 1. The normalized spacial score (nSPS) is 13.8. The maximum atomic E-state index is 13.0. The maximum absolute atomic E-state index is 13.0. The van der Waals surface area contributed by atoms with Gasteiger partial charge in [-0.25, -0.2) is 4.98 Å². The van der Waals surface area contributed by atoms with Gasteiger partial charge >= 0.3 is 0 Å². The van der Waals surface area contributed by atoms with Gasteiger partial charge in [-0.15, -0.1) is 0 Å². The molecule has 1 amide bonds. The van der Waals surface area contributed by atoms with E-state index in [9.17, 15) is 14.7 Å². The summed E-state index contributed by atoms with van der Waals surface area (Å²) < 4.78 is 9.58.